The number of ether oxygens (including phenoxy) is 1. The first-order valence-corrected chi connectivity index (χ1v) is 6.95. The number of furan rings is 1. The molecule has 0 aliphatic heterocycles. The number of aryl methyl sites for hydroxylation is 1. The number of amides is 2. The van der Waals surface area contributed by atoms with E-state index in [1.54, 1.807) is 18.2 Å². The fourth-order valence-electron chi connectivity index (χ4n) is 1.66. The van der Waals surface area contributed by atoms with Crippen LogP contribution in [-0.2, 0) is 9.59 Å². The average molecular weight is 315 g/mol. The summed E-state index contributed by atoms with van der Waals surface area (Å²) in [6.07, 6.45) is 2.86. The van der Waals surface area contributed by atoms with Gasteiger partial charge in [0.1, 0.15) is 11.5 Å². The number of nitrogens with one attached hydrogen (secondary N) is 2. The number of carbonyl (C=O) groups is 2. The molecule has 0 bridgehead atoms. The summed E-state index contributed by atoms with van der Waals surface area (Å²) in [5.74, 6) is 0.280. The molecule has 0 saturated heterocycles. The molecule has 0 spiro atoms. The third kappa shape index (κ3) is 6.04. The second kappa shape index (κ2) is 8.38. The predicted molar refractivity (Wildman–Crippen MR) is 84.1 cm³/mol. The van der Waals surface area contributed by atoms with E-state index in [2.05, 4.69) is 15.8 Å². The normalized spacial score (nSPS) is 10.5. The van der Waals surface area contributed by atoms with Gasteiger partial charge in [0.15, 0.2) is 6.61 Å². The lowest BCUT2D eigenvalue weighted by molar-refractivity contribution is -0.127. The Morgan fingerprint density at radius 3 is 2.87 bits per heavy atom. The van der Waals surface area contributed by atoms with E-state index in [1.807, 2.05) is 25.1 Å². The molecule has 2 rings (SSSR count). The minimum absolute atomic E-state index is 0.160. The van der Waals surface area contributed by atoms with Gasteiger partial charge in [-0.2, -0.15) is 5.10 Å². The van der Waals surface area contributed by atoms with E-state index >= 15 is 0 Å². The molecule has 2 N–H and O–H groups in total. The average Bonchev–Trinajstić information content (AvgIpc) is 3.04. The molecule has 0 unspecified atom stereocenters. The second-order valence-corrected chi connectivity index (χ2v) is 4.69. The van der Waals surface area contributed by atoms with E-state index in [4.69, 9.17) is 9.15 Å². The lowest BCUT2D eigenvalue weighted by atomic mass is 10.2. The number of rotatable bonds is 7. The van der Waals surface area contributed by atoms with Crippen molar-refractivity contribution in [3.05, 3.63) is 54.0 Å². The smallest absolute Gasteiger partial charge is 0.259 e. The number of carbonyl (C=O) groups excluding carboxylic acids is 2. The number of nitrogens with zero attached hydrogens (tertiary/aromatic N) is 1. The summed E-state index contributed by atoms with van der Waals surface area (Å²) in [5, 5.41) is 6.13. The first kappa shape index (κ1) is 16.3. The van der Waals surface area contributed by atoms with Gasteiger partial charge in [0.05, 0.1) is 19.0 Å². The van der Waals surface area contributed by atoms with E-state index in [0.717, 1.165) is 5.56 Å². The van der Waals surface area contributed by atoms with Gasteiger partial charge in [0.2, 0.25) is 0 Å². The van der Waals surface area contributed by atoms with E-state index < -0.39 is 11.8 Å². The molecule has 2 aromatic rings. The fraction of sp³-hybridized carbons (Fsp3) is 0.188. The van der Waals surface area contributed by atoms with Gasteiger partial charge in [-0.05, 0) is 36.8 Å². The van der Waals surface area contributed by atoms with Crippen molar-refractivity contribution in [2.24, 2.45) is 5.10 Å². The molecule has 120 valence electrons. The van der Waals surface area contributed by atoms with Crippen LogP contribution in [0.5, 0.6) is 5.75 Å². The molecule has 0 saturated carbocycles. The number of hydrazone groups is 1. The Morgan fingerprint density at radius 1 is 1.26 bits per heavy atom. The van der Waals surface area contributed by atoms with Gasteiger partial charge in [-0.3, -0.25) is 9.59 Å². The van der Waals surface area contributed by atoms with Gasteiger partial charge >= 0.3 is 0 Å². The highest BCUT2D eigenvalue weighted by Gasteiger charge is 2.06. The number of benzene rings is 1. The Bertz CT molecular complexity index is 680. The standard InChI is InChI=1S/C16H17N3O4/c1-12-4-2-5-13(8-12)23-11-16(21)17-10-15(20)19-18-9-14-6-3-7-22-14/h2-9H,10-11H2,1H3,(H,17,21)(H,19,20). The Labute approximate surface area is 133 Å². The molecule has 0 fully saturated rings. The monoisotopic (exact) mass is 315 g/mol. The molecule has 1 aromatic carbocycles. The van der Waals surface area contributed by atoms with Gasteiger partial charge in [-0.25, -0.2) is 5.43 Å². The zero-order valence-electron chi connectivity index (χ0n) is 12.6. The Balaban J connectivity index is 1.64. The lowest BCUT2D eigenvalue weighted by Crippen LogP contribution is -2.37. The molecule has 0 aliphatic carbocycles. The summed E-state index contributed by atoms with van der Waals surface area (Å²) in [5.41, 5.74) is 3.31. The topological polar surface area (TPSA) is 92.9 Å². The molecule has 1 aromatic heterocycles. The summed E-state index contributed by atoms with van der Waals surface area (Å²) in [6, 6.07) is 10.8. The van der Waals surface area contributed by atoms with Gasteiger partial charge in [-0.15, -0.1) is 0 Å². The third-order valence-electron chi connectivity index (χ3n) is 2.73. The maximum absolute atomic E-state index is 11.6. The Morgan fingerprint density at radius 2 is 2.13 bits per heavy atom. The zero-order valence-corrected chi connectivity index (χ0v) is 12.6. The summed E-state index contributed by atoms with van der Waals surface area (Å²) < 4.78 is 10.3. The fourth-order valence-corrected chi connectivity index (χ4v) is 1.66. The molecule has 1 heterocycles. The number of hydrogen-bond acceptors (Lipinski definition) is 5. The molecular formula is C16H17N3O4. The molecule has 0 aliphatic rings. The van der Waals surface area contributed by atoms with Crippen molar-refractivity contribution in [2.45, 2.75) is 6.92 Å². The highest BCUT2D eigenvalue weighted by Crippen LogP contribution is 2.11. The summed E-state index contributed by atoms with van der Waals surface area (Å²) >= 11 is 0. The predicted octanol–water partition coefficient (Wildman–Crippen LogP) is 1.23. The Hall–Kier alpha value is -3.09. The minimum Gasteiger partial charge on any atom is -0.484 e. The Kier molecular flexibility index (Phi) is 5.93. The molecule has 7 heteroatoms. The van der Waals surface area contributed by atoms with E-state index in [1.165, 1.54) is 12.5 Å². The van der Waals surface area contributed by atoms with Gasteiger partial charge in [-0.1, -0.05) is 12.1 Å². The van der Waals surface area contributed by atoms with Gasteiger partial charge in [0.25, 0.3) is 11.8 Å². The van der Waals surface area contributed by atoms with Crippen molar-refractivity contribution in [3.8, 4) is 5.75 Å². The highest BCUT2D eigenvalue weighted by molar-refractivity contribution is 5.86. The minimum atomic E-state index is -0.447. The molecule has 23 heavy (non-hydrogen) atoms. The van der Waals surface area contributed by atoms with Crippen LogP contribution in [0.2, 0.25) is 0 Å². The molecule has 7 nitrogen and oxygen atoms in total. The molecular weight excluding hydrogens is 298 g/mol. The maximum Gasteiger partial charge on any atom is 0.259 e. The zero-order chi connectivity index (χ0) is 16.5. The van der Waals surface area contributed by atoms with Crippen LogP contribution in [0, 0.1) is 6.92 Å². The van der Waals surface area contributed by atoms with Crippen LogP contribution in [0.15, 0.2) is 52.2 Å². The van der Waals surface area contributed by atoms with Crippen molar-refractivity contribution < 1.29 is 18.7 Å². The van der Waals surface area contributed by atoms with E-state index in [9.17, 15) is 9.59 Å². The highest BCUT2D eigenvalue weighted by atomic mass is 16.5. The van der Waals surface area contributed by atoms with Crippen LogP contribution in [0.25, 0.3) is 0 Å². The third-order valence-corrected chi connectivity index (χ3v) is 2.73. The quantitative estimate of drug-likeness (QED) is 0.594. The van der Waals surface area contributed by atoms with Crippen molar-refractivity contribution in [1.29, 1.82) is 0 Å². The largest absolute Gasteiger partial charge is 0.484 e. The van der Waals surface area contributed by atoms with E-state index in [0.29, 0.717) is 11.5 Å². The van der Waals surface area contributed by atoms with E-state index in [-0.39, 0.29) is 13.2 Å². The van der Waals surface area contributed by atoms with Crippen molar-refractivity contribution in [3.63, 3.8) is 0 Å². The van der Waals surface area contributed by atoms with Crippen LogP contribution in [0.4, 0.5) is 0 Å². The first-order valence-electron chi connectivity index (χ1n) is 6.95. The molecule has 0 atom stereocenters. The van der Waals surface area contributed by atoms with Crippen molar-refractivity contribution in [1.82, 2.24) is 10.7 Å². The summed E-state index contributed by atoms with van der Waals surface area (Å²) in [6.45, 7) is 1.58. The number of hydrogen-bond donors (Lipinski definition) is 2. The molecule has 2 amide bonds. The van der Waals surface area contributed by atoms with Crippen LogP contribution in [0.3, 0.4) is 0 Å². The maximum atomic E-state index is 11.6. The van der Waals surface area contributed by atoms with Crippen LogP contribution < -0.4 is 15.5 Å². The summed E-state index contributed by atoms with van der Waals surface area (Å²) in [7, 11) is 0. The van der Waals surface area contributed by atoms with Crippen molar-refractivity contribution in [2.75, 3.05) is 13.2 Å². The SMILES string of the molecule is Cc1cccc(OCC(=O)NCC(=O)NN=Cc2ccco2)c1. The van der Waals surface area contributed by atoms with Crippen LogP contribution in [-0.4, -0.2) is 31.2 Å². The lowest BCUT2D eigenvalue weighted by Gasteiger charge is -2.07. The van der Waals surface area contributed by atoms with Gasteiger partial charge in [0, 0.05) is 0 Å². The summed E-state index contributed by atoms with van der Waals surface area (Å²) in [4.78, 5) is 23.1. The molecule has 0 radical (unpaired) electrons. The first-order chi connectivity index (χ1) is 11.1. The van der Waals surface area contributed by atoms with Gasteiger partial charge < -0.3 is 14.5 Å². The van der Waals surface area contributed by atoms with Crippen LogP contribution >= 0.6 is 0 Å². The van der Waals surface area contributed by atoms with Crippen LogP contribution in [0.1, 0.15) is 11.3 Å². The van der Waals surface area contributed by atoms with Crippen molar-refractivity contribution >= 4 is 18.0 Å². The second-order valence-electron chi connectivity index (χ2n) is 4.69.